The normalized spacial score (nSPS) is 11.4. The van der Waals surface area contributed by atoms with Gasteiger partial charge in [-0.1, -0.05) is 27.7 Å². The molecule has 0 aliphatic rings. The summed E-state index contributed by atoms with van der Waals surface area (Å²) in [6.45, 7) is 12.1. The van der Waals surface area contributed by atoms with Gasteiger partial charge in [-0.2, -0.15) is 0 Å². The number of rotatable bonds is 11. The van der Waals surface area contributed by atoms with Gasteiger partial charge in [-0.05, 0) is 61.2 Å². The number of methoxy groups -OCH3 is 1. The maximum Gasteiger partial charge on any atom is 0.337 e. The quantitative estimate of drug-likeness (QED) is 0.415. The summed E-state index contributed by atoms with van der Waals surface area (Å²) in [5, 5.41) is 3.37. The maximum absolute atomic E-state index is 11.7. The molecule has 3 rings (SSSR count). The molecule has 178 valence electrons. The second kappa shape index (κ2) is 11.1. The average Bonchev–Trinajstić information content (AvgIpc) is 3.12. The van der Waals surface area contributed by atoms with Gasteiger partial charge in [0.15, 0.2) is 5.65 Å². The number of aryl methyl sites for hydroxylation is 1. The molecule has 2 aromatic heterocycles. The zero-order chi connectivity index (χ0) is 24.0. The molecule has 3 aromatic rings. The van der Waals surface area contributed by atoms with Crippen molar-refractivity contribution in [3.63, 3.8) is 0 Å². The number of hydrogen-bond acceptors (Lipinski definition) is 7. The number of fused-ring (bicyclic) bond motifs is 1. The number of imidazole rings is 1. The number of benzene rings is 1. The fourth-order valence-electron chi connectivity index (χ4n) is 3.80. The Hall–Kier alpha value is -3.13. The lowest BCUT2D eigenvalue weighted by Crippen LogP contribution is -2.32. The Labute approximate surface area is 196 Å². The van der Waals surface area contributed by atoms with Crippen molar-refractivity contribution in [2.45, 2.75) is 40.7 Å². The van der Waals surface area contributed by atoms with Gasteiger partial charge in [-0.25, -0.2) is 14.8 Å². The first kappa shape index (κ1) is 24.5. The van der Waals surface area contributed by atoms with E-state index in [1.165, 1.54) is 7.11 Å². The third kappa shape index (κ3) is 6.22. The SMILES string of the molecule is COC(=O)c1ccc(Nc2nc3ccc(N(CC(C)C)CC(C)C)nc3n2CCCN)cc1. The zero-order valence-corrected chi connectivity index (χ0v) is 20.3. The van der Waals surface area contributed by atoms with Crippen LogP contribution in [0.1, 0.15) is 44.5 Å². The van der Waals surface area contributed by atoms with Crippen LogP contribution in [-0.2, 0) is 11.3 Å². The summed E-state index contributed by atoms with van der Waals surface area (Å²) in [7, 11) is 1.37. The van der Waals surface area contributed by atoms with Crippen LogP contribution < -0.4 is 16.0 Å². The van der Waals surface area contributed by atoms with Crippen molar-refractivity contribution in [2.24, 2.45) is 17.6 Å². The number of aromatic nitrogens is 3. The van der Waals surface area contributed by atoms with E-state index >= 15 is 0 Å². The minimum Gasteiger partial charge on any atom is -0.465 e. The number of nitrogens with one attached hydrogen (secondary N) is 1. The first-order chi connectivity index (χ1) is 15.8. The second-order valence-electron chi connectivity index (χ2n) is 9.13. The number of ether oxygens (including phenoxy) is 1. The lowest BCUT2D eigenvalue weighted by Gasteiger charge is -2.27. The van der Waals surface area contributed by atoms with Crippen LogP contribution in [0.5, 0.6) is 0 Å². The van der Waals surface area contributed by atoms with Gasteiger partial charge in [-0.3, -0.25) is 4.57 Å². The van der Waals surface area contributed by atoms with Crippen molar-refractivity contribution >= 4 is 34.6 Å². The minimum atomic E-state index is -0.360. The predicted molar refractivity (Wildman–Crippen MR) is 134 cm³/mol. The lowest BCUT2D eigenvalue weighted by atomic mass is 10.1. The van der Waals surface area contributed by atoms with Crippen LogP contribution in [-0.4, -0.2) is 47.2 Å². The van der Waals surface area contributed by atoms with Crippen molar-refractivity contribution in [3.05, 3.63) is 42.0 Å². The number of hydrogen-bond donors (Lipinski definition) is 2. The zero-order valence-electron chi connectivity index (χ0n) is 20.3. The summed E-state index contributed by atoms with van der Waals surface area (Å²) in [5.74, 6) is 2.38. The fourth-order valence-corrected chi connectivity index (χ4v) is 3.80. The minimum absolute atomic E-state index is 0.360. The lowest BCUT2D eigenvalue weighted by molar-refractivity contribution is 0.0601. The monoisotopic (exact) mass is 452 g/mol. The van der Waals surface area contributed by atoms with E-state index in [1.54, 1.807) is 12.1 Å². The number of carbonyl (C=O) groups is 1. The predicted octanol–water partition coefficient (Wildman–Crippen LogP) is 4.43. The molecule has 0 aliphatic carbocycles. The van der Waals surface area contributed by atoms with Crippen LogP contribution in [0.2, 0.25) is 0 Å². The molecule has 0 saturated heterocycles. The van der Waals surface area contributed by atoms with Gasteiger partial charge < -0.3 is 20.7 Å². The van der Waals surface area contributed by atoms with E-state index in [0.717, 1.165) is 42.2 Å². The molecule has 0 bridgehead atoms. The Morgan fingerprint density at radius 2 is 1.73 bits per heavy atom. The van der Waals surface area contributed by atoms with E-state index < -0.39 is 0 Å². The highest BCUT2D eigenvalue weighted by molar-refractivity contribution is 5.89. The van der Waals surface area contributed by atoms with Gasteiger partial charge in [0, 0.05) is 25.3 Å². The van der Waals surface area contributed by atoms with Crippen LogP contribution in [0.3, 0.4) is 0 Å². The smallest absolute Gasteiger partial charge is 0.337 e. The average molecular weight is 453 g/mol. The Bertz CT molecular complexity index is 1050. The molecule has 0 radical (unpaired) electrons. The van der Waals surface area contributed by atoms with E-state index in [0.29, 0.717) is 36.4 Å². The third-order valence-corrected chi connectivity index (χ3v) is 5.22. The van der Waals surface area contributed by atoms with Gasteiger partial charge in [0.25, 0.3) is 0 Å². The number of carbonyl (C=O) groups excluding carboxylic acids is 1. The number of pyridine rings is 1. The Morgan fingerprint density at radius 3 is 2.30 bits per heavy atom. The molecule has 0 spiro atoms. The first-order valence-corrected chi connectivity index (χ1v) is 11.6. The Kier molecular flexibility index (Phi) is 8.27. The highest BCUT2D eigenvalue weighted by Crippen LogP contribution is 2.26. The molecule has 0 atom stereocenters. The maximum atomic E-state index is 11.7. The molecule has 1 aromatic carbocycles. The van der Waals surface area contributed by atoms with Crippen molar-refractivity contribution in [3.8, 4) is 0 Å². The second-order valence-corrected chi connectivity index (χ2v) is 9.13. The summed E-state index contributed by atoms with van der Waals surface area (Å²) < 4.78 is 6.86. The molecule has 0 amide bonds. The highest BCUT2D eigenvalue weighted by atomic mass is 16.5. The molecule has 0 saturated carbocycles. The fraction of sp³-hybridized carbons (Fsp3) is 0.480. The number of esters is 1. The molecular weight excluding hydrogens is 416 g/mol. The van der Waals surface area contributed by atoms with Crippen LogP contribution in [0, 0.1) is 11.8 Å². The molecular formula is C25H36N6O2. The van der Waals surface area contributed by atoms with E-state index in [1.807, 2.05) is 18.2 Å². The molecule has 0 unspecified atom stereocenters. The van der Waals surface area contributed by atoms with Crippen LogP contribution in [0.25, 0.3) is 11.2 Å². The van der Waals surface area contributed by atoms with Crippen molar-refractivity contribution < 1.29 is 9.53 Å². The summed E-state index contributed by atoms with van der Waals surface area (Å²) in [6, 6.07) is 11.2. The topological polar surface area (TPSA) is 98.3 Å². The summed E-state index contributed by atoms with van der Waals surface area (Å²) in [6.07, 6.45) is 0.815. The molecule has 0 aliphatic heterocycles. The summed E-state index contributed by atoms with van der Waals surface area (Å²) in [5.41, 5.74) is 8.81. The number of nitrogens with zero attached hydrogens (tertiary/aromatic N) is 4. The van der Waals surface area contributed by atoms with Crippen LogP contribution in [0.4, 0.5) is 17.5 Å². The van der Waals surface area contributed by atoms with Gasteiger partial charge >= 0.3 is 5.97 Å². The largest absolute Gasteiger partial charge is 0.465 e. The standard InChI is InChI=1S/C25H36N6O2/c1-17(2)15-30(16-18(3)4)22-12-11-21-23(29-22)31(14-6-13-26)25(28-21)27-20-9-7-19(8-10-20)24(32)33-5/h7-12,17-18H,6,13-16,26H2,1-5H3,(H,27,28). The van der Waals surface area contributed by atoms with Gasteiger partial charge in [0.2, 0.25) is 5.95 Å². The number of nitrogens with two attached hydrogens (primary N) is 1. The van der Waals surface area contributed by atoms with Gasteiger partial charge in [0.1, 0.15) is 11.3 Å². The summed E-state index contributed by atoms with van der Waals surface area (Å²) in [4.78, 5) is 23.9. The van der Waals surface area contributed by atoms with Crippen molar-refractivity contribution in [2.75, 3.05) is 37.0 Å². The van der Waals surface area contributed by atoms with Crippen LogP contribution >= 0.6 is 0 Å². The van der Waals surface area contributed by atoms with E-state index in [9.17, 15) is 4.79 Å². The van der Waals surface area contributed by atoms with E-state index in [4.69, 9.17) is 20.4 Å². The Balaban J connectivity index is 1.97. The van der Waals surface area contributed by atoms with Crippen LogP contribution in [0.15, 0.2) is 36.4 Å². The molecule has 0 fully saturated rings. The highest BCUT2D eigenvalue weighted by Gasteiger charge is 2.17. The molecule has 3 N–H and O–H groups in total. The van der Waals surface area contributed by atoms with E-state index in [2.05, 4.69) is 48.5 Å². The Morgan fingerprint density at radius 1 is 1.06 bits per heavy atom. The van der Waals surface area contributed by atoms with Crippen molar-refractivity contribution in [1.82, 2.24) is 14.5 Å². The van der Waals surface area contributed by atoms with Gasteiger partial charge in [-0.15, -0.1) is 0 Å². The van der Waals surface area contributed by atoms with E-state index in [-0.39, 0.29) is 5.97 Å². The van der Waals surface area contributed by atoms with Gasteiger partial charge in [0.05, 0.1) is 12.7 Å². The molecule has 8 heteroatoms. The molecule has 33 heavy (non-hydrogen) atoms. The molecule has 8 nitrogen and oxygen atoms in total. The third-order valence-electron chi connectivity index (χ3n) is 5.22. The number of anilines is 3. The van der Waals surface area contributed by atoms with Crippen molar-refractivity contribution in [1.29, 1.82) is 0 Å². The summed E-state index contributed by atoms with van der Waals surface area (Å²) >= 11 is 0. The molecule has 2 heterocycles. The first-order valence-electron chi connectivity index (χ1n) is 11.6.